The first-order chi connectivity index (χ1) is 12.7. The summed E-state index contributed by atoms with van der Waals surface area (Å²) in [6.45, 7) is 4.96. The molecular formula is C18H21F3N4OS. The molecule has 4 heterocycles. The average Bonchev–Trinajstić information content (AvgIpc) is 2.92. The third-order valence-corrected chi connectivity index (χ3v) is 6.41. The van der Waals surface area contributed by atoms with Crippen LogP contribution in [0, 0.1) is 13.8 Å². The third kappa shape index (κ3) is 3.50. The number of aromatic nitrogens is 1. The molecule has 27 heavy (non-hydrogen) atoms. The highest BCUT2D eigenvalue weighted by molar-refractivity contribution is 7.21. The van der Waals surface area contributed by atoms with Gasteiger partial charge >= 0.3 is 6.18 Å². The molecule has 2 aliphatic heterocycles. The Hall–Kier alpha value is -1.87. The molecule has 1 spiro atoms. The van der Waals surface area contributed by atoms with Crippen LogP contribution in [-0.4, -0.2) is 47.3 Å². The Morgan fingerprint density at radius 2 is 1.96 bits per heavy atom. The van der Waals surface area contributed by atoms with Gasteiger partial charge in [-0.1, -0.05) is 0 Å². The zero-order valence-electron chi connectivity index (χ0n) is 15.2. The number of likely N-dealkylation sites (tertiary alicyclic amines) is 1. The van der Waals surface area contributed by atoms with Crippen LogP contribution < -0.4 is 10.6 Å². The van der Waals surface area contributed by atoms with Gasteiger partial charge in [0.2, 0.25) is 0 Å². The van der Waals surface area contributed by atoms with Crippen LogP contribution in [0.1, 0.15) is 40.2 Å². The molecule has 0 radical (unpaired) electrons. The fraction of sp³-hybridized carbons (Fsp3) is 0.556. The van der Waals surface area contributed by atoms with Crippen LogP contribution in [-0.2, 0) is 0 Å². The Morgan fingerprint density at radius 3 is 2.63 bits per heavy atom. The standard InChI is InChI=1S/C18H21F3N4OS/c1-10-9-11(2)22-16-12(10)13-14(27-16)15(26)24-17(23-13)3-6-25(7-4-17)8-5-18(19,20)21/h9,23H,3-8H2,1-2H3,(H,24,26). The minimum absolute atomic E-state index is 0.00244. The van der Waals surface area contributed by atoms with E-state index in [0.717, 1.165) is 27.2 Å². The van der Waals surface area contributed by atoms with E-state index in [4.69, 9.17) is 0 Å². The zero-order chi connectivity index (χ0) is 19.4. The average molecular weight is 398 g/mol. The SMILES string of the molecule is Cc1cc(C)c2c3c(sc2n1)C(=O)NC1(CCN(CCC(F)(F)F)CC1)N3. The van der Waals surface area contributed by atoms with E-state index < -0.39 is 18.3 Å². The second-order valence-electron chi connectivity index (χ2n) is 7.43. The van der Waals surface area contributed by atoms with E-state index in [9.17, 15) is 18.0 Å². The summed E-state index contributed by atoms with van der Waals surface area (Å²) in [4.78, 5) is 20.5. The van der Waals surface area contributed by atoms with Crippen molar-refractivity contribution in [3.05, 3.63) is 22.2 Å². The van der Waals surface area contributed by atoms with Gasteiger partial charge in [0.15, 0.2) is 0 Å². The smallest absolute Gasteiger partial charge is 0.361 e. The van der Waals surface area contributed by atoms with Gasteiger partial charge in [-0.05, 0) is 25.5 Å². The number of hydrogen-bond acceptors (Lipinski definition) is 5. The molecule has 0 aromatic carbocycles. The summed E-state index contributed by atoms with van der Waals surface area (Å²) in [5.74, 6) is -0.132. The minimum Gasteiger partial charge on any atom is -0.361 e. The number of carbonyl (C=O) groups excluding carboxylic acids is 1. The molecule has 2 aromatic heterocycles. The lowest BCUT2D eigenvalue weighted by molar-refractivity contribution is -0.138. The van der Waals surface area contributed by atoms with Gasteiger partial charge in [0.1, 0.15) is 15.4 Å². The summed E-state index contributed by atoms with van der Waals surface area (Å²) in [5, 5.41) is 7.54. The van der Waals surface area contributed by atoms with Crippen molar-refractivity contribution in [2.45, 2.75) is 44.9 Å². The Balaban J connectivity index is 1.56. The molecule has 2 N–H and O–H groups in total. The normalized spacial score (nSPS) is 19.8. The fourth-order valence-electron chi connectivity index (χ4n) is 3.96. The molecule has 0 unspecified atom stereocenters. The Morgan fingerprint density at radius 1 is 1.26 bits per heavy atom. The van der Waals surface area contributed by atoms with Crippen molar-refractivity contribution >= 4 is 33.1 Å². The highest BCUT2D eigenvalue weighted by Gasteiger charge is 2.42. The van der Waals surface area contributed by atoms with Gasteiger partial charge < -0.3 is 15.5 Å². The van der Waals surface area contributed by atoms with E-state index in [1.165, 1.54) is 11.3 Å². The Labute approximate surface area is 158 Å². The molecule has 0 bridgehead atoms. The van der Waals surface area contributed by atoms with Crippen molar-refractivity contribution in [1.29, 1.82) is 0 Å². The van der Waals surface area contributed by atoms with Crippen LogP contribution in [0.4, 0.5) is 18.9 Å². The summed E-state index contributed by atoms with van der Waals surface area (Å²) >= 11 is 1.37. The van der Waals surface area contributed by atoms with Gasteiger partial charge in [0.05, 0.1) is 12.1 Å². The van der Waals surface area contributed by atoms with Gasteiger partial charge in [-0.2, -0.15) is 13.2 Å². The predicted molar refractivity (Wildman–Crippen MR) is 99.3 cm³/mol. The molecule has 2 aliphatic rings. The molecule has 9 heteroatoms. The number of aryl methyl sites for hydroxylation is 2. The summed E-state index contributed by atoms with van der Waals surface area (Å²) < 4.78 is 37.4. The molecular weight excluding hydrogens is 377 g/mol. The van der Waals surface area contributed by atoms with Crippen molar-refractivity contribution < 1.29 is 18.0 Å². The molecule has 4 rings (SSSR count). The maximum Gasteiger partial charge on any atom is 0.390 e. The van der Waals surface area contributed by atoms with Crippen LogP contribution >= 0.6 is 11.3 Å². The summed E-state index contributed by atoms with van der Waals surface area (Å²) in [6.07, 6.45) is -3.82. The van der Waals surface area contributed by atoms with Crippen molar-refractivity contribution in [3.8, 4) is 0 Å². The van der Waals surface area contributed by atoms with Crippen LogP contribution in [0.3, 0.4) is 0 Å². The summed E-state index contributed by atoms with van der Waals surface area (Å²) in [5.41, 5.74) is 2.18. The van der Waals surface area contributed by atoms with Crippen molar-refractivity contribution in [1.82, 2.24) is 15.2 Å². The summed E-state index contributed by atoms with van der Waals surface area (Å²) in [7, 11) is 0. The maximum absolute atomic E-state index is 12.7. The number of alkyl halides is 3. The van der Waals surface area contributed by atoms with Crippen LogP contribution in [0.2, 0.25) is 0 Å². The zero-order valence-corrected chi connectivity index (χ0v) is 16.0. The first-order valence-corrected chi connectivity index (χ1v) is 9.78. The molecule has 1 amide bonds. The van der Waals surface area contributed by atoms with Crippen molar-refractivity contribution in [3.63, 3.8) is 0 Å². The minimum atomic E-state index is -4.14. The quantitative estimate of drug-likeness (QED) is 0.808. The summed E-state index contributed by atoms with van der Waals surface area (Å²) in [6, 6.07) is 2.00. The van der Waals surface area contributed by atoms with Crippen LogP contribution in [0.5, 0.6) is 0 Å². The first kappa shape index (κ1) is 18.5. The van der Waals surface area contributed by atoms with Crippen molar-refractivity contribution in [2.75, 3.05) is 25.0 Å². The number of rotatable bonds is 2. The topological polar surface area (TPSA) is 57.3 Å². The number of thiophene rings is 1. The number of nitrogens with one attached hydrogen (secondary N) is 2. The first-order valence-electron chi connectivity index (χ1n) is 8.96. The van der Waals surface area contributed by atoms with E-state index in [-0.39, 0.29) is 12.5 Å². The van der Waals surface area contributed by atoms with E-state index >= 15 is 0 Å². The molecule has 5 nitrogen and oxygen atoms in total. The number of hydrogen-bond donors (Lipinski definition) is 2. The number of piperidine rings is 1. The van der Waals surface area contributed by atoms with E-state index in [0.29, 0.717) is 30.8 Å². The molecule has 146 valence electrons. The number of nitrogens with zero attached hydrogens (tertiary/aromatic N) is 2. The number of amides is 1. The highest BCUT2D eigenvalue weighted by atomic mass is 32.1. The molecule has 2 aromatic rings. The molecule has 0 atom stereocenters. The van der Waals surface area contributed by atoms with Crippen molar-refractivity contribution in [2.24, 2.45) is 0 Å². The Kier molecular flexibility index (Phi) is 4.34. The lowest BCUT2D eigenvalue weighted by Gasteiger charge is -2.45. The lowest BCUT2D eigenvalue weighted by Crippen LogP contribution is -2.62. The van der Waals surface area contributed by atoms with Crippen LogP contribution in [0.25, 0.3) is 10.2 Å². The second kappa shape index (κ2) is 6.34. The number of pyridine rings is 1. The van der Waals surface area contributed by atoms with E-state index in [2.05, 4.69) is 15.6 Å². The largest absolute Gasteiger partial charge is 0.390 e. The monoisotopic (exact) mass is 398 g/mol. The fourth-order valence-corrected chi connectivity index (χ4v) is 5.11. The van der Waals surface area contributed by atoms with Gasteiger partial charge in [-0.3, -0.25) is 4.79 Å². The molecule has 1 saturated heterocycles. The Bertz CT molecular complexity index is 900. The van der Waals surface area contributed by atoms with Gasteiger partial charge in [0.25, 0.3) is 5.91 Å². The number of carbonyl (C=O) groups is 1. The predicted octanol–water partition coefficient (Wildman–Crippen LogP) is 3.81. The molecule has 1 fully saturated rings. The third-order valence-electron chi connectivity index (χ3n) is 5.33. The van der Waals surface area contributed by atoms with Gasteiger partial charge in [0, 0.05) is 43.6 Å². The number of halogens is 3. The second-order valence-corrected chi connectivity index (χ2v) is 8.43. The lowest BCUT2D eigenvalue weighted by atomic mass is 9.93. The van der Waals surface area contributed by atoms with E-state index in [1.807, 2.05) is 24.8 Å². The highest BCUT2D eigenvalue weighted by Crippen LogP contribution is 2.42. The number of fused-ring (bicyclic) bond motifs is 3. The number of anilines is 1. The van der Waals surface area contributed by atoms with Gasteiger partial charge in [-0.15, -0.1) is 11.3 Å². The van der Waals surface area contributed by atoms with Gasteiger partial charge in [-0.25, -0.2) is 4.98 Å². The van der Waals surface area contributed by atoms with E-state index in [1.54, 1.807) is 0 Å². The molecule has 0 saturated carbocycles. The maximum atomic E-state index is 12.7. The molecule has 0 aliphatic carbocycles. The van der Waals surface area contributed by atoms with Crippen LogP contribution in [0.15, 0.2) is 6.07 Å².